The van der Waals surface area contributed by atoms with Crippen LogP contribution in [0.3, 0.4) is 0 Å². The molecule has 124 valence electrons. The first-order valence-electron chi connectivity index (χ1n) is 7.80. The average Bonchev–Trinajstić information content (AvgIpc) is 2.55. The molecule has 1 amide bonds. The summed E-state index contributed by atoms with van der Waals surface area (Å²) in [7, 11) is -3.70. The minimum atomic E-state index is -3.70. The van der Waals surface area contributed by atoms with E-state index in [1.807, 2.05) is 37.3 Å². The van der Waals surface area contributed by atoms with Crippen molar-refractivity contribution < 1.29 is 13.2 Å². The molecule has 0 saturated carbocycles. The van der Waals surface area contributed by atoms with E-state index in [4.69, 9.17) is 0 Å². The Hall–Kier alpha value is -2.40. The van der Waals surface area contributed by atoms with Crippen LogP contribution in [0.15, 0.2) is 66.9 Å². The summed E-state index contributed by atoms with van der Waals surface area (Å²) in [6, 6.07) is 16.7. The molecule has 5 heteroatoms. The van der Waals surface area contributed by atoms with Gasteiger partial charge in [0.2, 0.25) is 15.9 Å². The fourth-order valence-corrected chi connectivity index (χ4v) is 4.32. The third kappa shape index (κ3) is 3.41. The number of rotatable bonds is 4. The van der Waals surface area contributed by atoms with Gasteiger partial charge in [0.05, 0.1) is 5.75 Å². The van der Waals surface area contributed by atoms with E-state index in [1.54, 1.807) is 30.3 Å². The van der Waals surface area contributed by atoms with Crippen molar-refractivity contribution in [3.8, 4) is 0 Å². The highest BCUT2D eigenvalue weighted by Crippen LogP contribution is 2.30. The van der Waals surface area contributed by atoms with Gasteiger partial charge in [-0.25, -0.2) is 12.7 Å². The van der Waals surface area contributed by atoms with Crippen LogP contribution in [0.4, 0.5) is 0 Å². The summed E-state index contributed by atoms with van der Waals surface area (Å²) >= 11 is 0. The van der Waals surface area contributed by atoms with Gasteiger partial charge in [-0.3, -0.25) is 4.79 Å². The molecule has 0 aliphatic carbocycles. The third-order valence-electron chi connectivity index (χ3n) is 4.17. The van der Waals surface area contributed by atoms with Gasteiger partial charge in [0.25, 0.3) is 0 Å². The first kappa shape index (κ1) is 16.5. The zero-order chi connectivity index (χ0) is 17.2. The van der Waals surface area contributed by atoms with Crippen molar-refractivity contribution in [2.45, 2.75) is 25.0 Å². The maximum atomic E-state index is 12.5. The second kappa shape index (κ2) is 6.61. The lowest BCUT2D eigenvalue weighted by molar-refractivity contribution is -0.125. The molecule has 2 aromatic carbocycles. The second-order valence-corrected chi connectivity index (χ2v) is 7.79. The molecule has 0 radical (unpaired) electrons. The van der Waals surface area contributed by atoms with Gasteiger partial charge in [-0.15, -0.1) is 0 Å². The van der Waals surface area contributed by atoms with E-state index >= 15 is 0 Å². The van der Waals surface area contributed by atoms with Crippen molar-refractivity contribution in [2.24, 2.45) is 0 Å². The Morgan fingerprint density at radius 3 is 2.38 bits per heavy atom. The van der Waals surface area contributed by atoms with Crippen LogP contribution >= 0.6 is 0 Å². The molecule has 0 fully saturated rings. The van der Waals surface area contributed by atoms with Gasteiger partial charge in [0.15, 0.2) is 0 Å². The van der Waals surface area contributed by atoms with Crippen LogP contribution in [0.5, 0.6) is 0 Å². The predicted molar refractivity (Wildman–Crippen MR) is 93.6 cm³/mol. The van der Waals surface area contributed by atoms with Crippen LogP contribution in [0.25, 0.3) is 0 Å². The summed E-state index contributed by atoms with van der Waals surface area (Å²) in [6.07, 6.45) is 3.36. The molecule has 1 aliphatic rings. The van der Waals surface area contributed by atoms with Crippen molar-refractivity contribution in [1.29, 1.82) is 0 Å². The van der Waals surface area contributed by atoms with Crippen molar-refractivity contribution in [1.82, 2.24) is 4.31 Å². The van der Waals surface area contributed by atoms with Crippen LogP contribution in [0.1, 0.15) is 29.0 Å². The monoisotopic (exact) mass is 341 g/mol. The topological polar surface area (TPSA) is 54.5 Å². The van der Waals surface area contributed by atoms with Gasteiger partial charge in [0.1, 0.15) is 0 Å². The van der Waals surface area contributed by atoms with Crippen molar-refractivity contribution >= 4 is 15.9 Å². The Balaban J connectivity index is 1.83. The molecule has 0 spiro atoms. The summed E-state index contributed by atoms with van der Waals surface area (Å²) < 4.78 is 25.9. The number of carbonyl (C=O) groups is 1. The normalized spacial score (nSPS) is 18.0. The number of hydrogen-bond acceptors (Lipinski definition) is 3. The first-order valence-corrected chi connectivity index (χ1v) is 9.41. The molecule has 0 saturated heterocycles. The Morgan fingerprint density at radius 2 is 1.71 bits per heavy atom. The van der Waals surface area contributed by atoms with E-state index in [9.17, 15) is 13.2 Å². The molecule has 0 aromatic heterocycles. The molecule has 0 N–H and O–H groups in total. The lowest BCUT2D eigenvalue weighted by atomic mass is 9.90. The van der Waals surface area contributed by atoms with E-state index in [1.165, 1.54) is 6.20 Å². The largest absolute Gasteiger partial charge is 0.273 e. The minimum absolute atomic E-state index is 0.0816. The molecule has 1 aliphatic heterocycles. The maximum absolute atomic E-state index is 12.5. The summed E-state index contributed by atoms with van der Waals surface area (Å²) in [6.45, 7) is 1.99. The summed E-state index contributed by atoms with van der Waals surface area (Å²) in [5, 5.41) is 0. The number of nitrogens with zero attached hydrogens (tertiary/aromatic N) is 1. The number of aryl methyl sites for hydroxylation is 1. The molecule has 0 bridgehead atoms. The molecule has 1 heterocycles. The van der Waals surface area contributed by atoms with Crippen LogP contribution in [-0.2, 0) is 20.6 Å². The van der Waals surface area contributed by atoms with Crippen LogP contribution < -0.4 is 0 Å². The smallest absolute Gasteiger partial charge is 0.245 e. The fourth-order valence-electron chi connectivity index (χ4n) is 2.93. The van der Waals surface area contributed by atoms with Crippen molar-refractivity contribution in [3.05, 3.63) is 83.6 Å². The van der Waals surface area contributed by atoms with Crippen LogP contribution in [-0.4, -0.2) is 18.6 Å². The summed E-state index contributed by atoms with van der Waals surface area (Å²) in [5.41, 5.74) is 2.82. The Labute approximate surface area is 142 Å². The molecule has 1 unspecified atom stereocenters. The lowest BCUT2D eigenvalue weighted by Crippen LogP contribution is -2.36. The van der Waals surface area contributed by atoms with E-state index < -0.39 is 10.0 Å². The van der Waals surface area contributed by atoms with Crippen molar-refractivity contribution in [3.63, 3.8) is 0 Å². The zero-order valence-corrected chi connectivity index (χ0v) is 14.2. The summed E-state index contributed by atoms with van der Waals surface area (Å²) in [4.78, 5) is 12.4. The van der Waals surface area contributed by atoms with Crippen molar-refractivity contribution in [2.75, 3.05) is 0 Å². The average molecular weight is 341 g/mol. The highest BCUT2D eigenvalue weighted by Gasteiger charge is 2.31. The zero-order valence-electron chi connectivity index (χ0n) is 13.4. The number of amides is 1. The van der Waals surface area contributed by atoms with Gasteiger partial charge in [0, 0.05) is 18.5 Å². The predicted octanol–water partition coefficient (Wildman–Crippen LogP) is 3.35. The maximum Gasteiger partial charge on any atom is 0.245 e. The van der Waals surface area contributed by atoms with E-state index in [0.717, 1.165) is 15.4 Å². The Kier molecular flexibility index (Phi) is 4.53. The van der Waals surface area contributed by atoms with E-state index in [-0.39, 0.29) is 24.0 Å². The van der Waals surface area contributed by atoms with Gasteiger partial charge in [-0.2, -0.15) is 0 Å². The quantitative estimate of drug-likeness (QED) is 0.857. The number of carbonyl (C=O) groups excluding carboxylic acids is 1. The van der Waals surface area contributed by atoms with Crippen LogP contribution in [0.2, 0.25) is 0 Å². The lowest BCUT2D eigenvalue weighted by Gasteiger charge is -2.26. The molecular formula is C19H19NO3S. The number of sulfonamides is 1. The second-order valence-electron chi connectivity index (χ2n) is 5.94. The number of benzene rings is 2. The first-order chi connectivity index (χ1) is 11.5. The van der Waals surface area contributed by atoms with Gasteiger partial charge >= 0.3 is 0 Å². The number of allylic oxidation sites excluding steroid dienone is 1. The number of hydrogen-bond donors (Lipinski definition) is 0. The highest BCUT2D eigenvalue weighted by atomic mass is 32.2. The van der Waals surface area contributed by atoms with Crippen LogP contribution in [0, 0.1) is 6.92 Å². The molecule has 4 nitrogen and oxygen atoms in total. The minimum Gasteiger partial charge on any atom is -0.273 e. The molecular weight excluding hydrogens is 322 g/mol. The van der Waals surface area contributed by atoms with Gasteiger partial charge in [-0.1, -0.05) is 60.7 Å². The molecule has 1 atom stereocenters. The molecule has 2 aromatic rings. The fraction of sp³-hybridized carbons (Fsp3) is 0.211. The van der Waals surface area contributed by atoms with Gasteiger partial charge < -0.3 is 0 Å². The Morgan fingerprint density at radius 1 is 1.04 bits per heavy atom. The standard InChI is InChI=1S/C19H19NO3S/c1-15-7-5-6-10-18(15)17-11-12-20(19(21)13-17)24(22,23)14-16-8-3-2-4-9-16/h2-12,17H,13-14H2,1H3. The SMILES string of the molecule is Cc1ccccc1C1C=CN(S(=O)(=O)Cc2ccccc2)C(=O)C1. The summed E-state index contributed by atoms with van der Waals surface area (Å²) in [5.74, 6) is -0.651. The third-order valence-corrected chi connectivity index (χ3v) is 5.80. The van der Waals surface area contributed by atoms with E-state index in [0.29, 0.717) is 5.56 Å². The molecule has 24 heavy (non-hydrogen) atoms. The highest BCUT2D eigenvalue weighted by molar-refractivity contribution is 7.88. The Bertz CT molecular complexity index is 872. The van der Waals surface area contributed by atoms with Gasteiger partial charge in [-0.05, 0) is 23.6 Å². The van der Waals surface area contributed by atoms with E-state index in [2.05, 4.69) is 0 Å². The molecule has 3 rings (SSSR count).